The second-order valence-electron chi connectivity index (χ2n) is 4.21. The lowest BCUT2D eigenvalue weighted by atomic mass is 10.2. The summed E-state index contributed by atoms with van der Waals surface area (Å²) in [5.41, 5.74) is 0.700. The van der Waals surface area contributed by atoms with E-state index in [1.165, 1.54) is 0 Å². The number of hydrogen-bond acceptors (Lipinski definition) is 3. The van der Waals surface area contributed by atoms with Gasteiger partial charge in [0, 0.05) is 30.7 Å². The van der Waals surface area contributed by atoms with Crippen molar-refractivity contribution in [1.82, 2.24) is 9.80 Å². The smallest absolute Gasteiger partial charge is 0.255 e. The molecule has 2 rings (SSSR count). The molecule has 1 aromatic rings. The normalized spacial score (nSPS) is 16.3. The molecule has 0 radical (unpaired) electrons. The summed E-state index contributed by atoms with van der Waals surface area (Å²) in [6, 6.07) is 9.60. The molecule has 5 heteroatoms. The van der Waals surface area contributed by atoms with Crippen molar-refractivity contribution in [2.45, 2.75) is 0 Å². The Balaban J connectivity index is 2.00. The topological polar surface area (TPSA) is 47.3 Å². The Morgan fingerprint density at radius 2 is 1.94 bits per heavy atom. The van der Waals surface area contributed by atoms with Crippen molar-refractivity contribution in [2.24, 2.45) is 0 Å². The number of piperazine rings is 1. The molecule has 1 saturated heterocycles. The lowest BCUT2D eigenvalue weighted by Gasteiger charge is -2.33. The summed E-state index contributed by atoms with van der Waals surface area (Å²) in [5.74, 6) is 0.0547. The number of rotatable bonds is 2. The van der Waals surface area contributed by atoms with Gasteiger partial charge in [-0.25, -0.2) is 0 Å². The van der Waals surface area contributed by atoms with E-state index in [0.717, 1.165) is 17.6 Å². The number of benzene rings is 1. The van der Waals surface area contributed by atoms with Gasteiger partial charge in [0.25, 0.3) is 5.91 Å². The van der Waals surface area contributed by atoms with Crippen LogP contribution in [0.15, 0.2) is 28.7 Å². The van der Waals surface area contributed by atoms with Crippen LogP contribution in [0.5, 0.6) is 0 Å². The van der Waals surface area contributed by atoms with Crippen molar-refractivity contribution in [3.05, 3.63) is 34.3 Å². The van der Waals surface area contributed by atoms with E-state index in [0.29, 0.717) is 25.2 Å². The zero-order chi connectivity index (χ0) is 13.0. The van der Waals surface area contributed by atoms with Crippen molar-refractivity contribution in [3.63, 3.8) is 0 Å². The summed E-state index contributed by atoms with van der Waals surface area (Å²) in [7, 11) is 0. The fourth-order valence-electron chi connectivity index (χ4n) is 2.01. The minimum absolute atomic E-state index is 0.0547. The van der Waals surface area contributed by atoms with Crippen LogP contribution < -0.4 is 0 Å². The van der Waals surface area contributed by atoms with E-state index < -0.39 is 0 Å². The zero-order valence-corrected chi connectivity index (χ0v) is 11.6. The van der Waals surface area contributed by atoms with Gasteiger partial charge >= 0.3 is 0 Å². The molecular weight excluding hydrogens is 294 g/mol. The monoisotopic (exact) mass is 307 g/mol. The Labute approximate surface area is 115 Å². The molecule has 4 nitrogen and oxygen atoms in total. The van der Waals surface area contributed by atoms with Crippen LogP contribution in [0.1, 0.15) is 10.4 Å². The fraction of sp³-hybridized carbons (Fsp3) is 0.385. The molecule has 0 unspecified atom stereocenters. The van der Waals surface area contributed by atoms with Gasteiger partial charge < -0.3 is 4.90 Å². The molecule has 0 N–H and O–H groups in total. The molecule has 18 heavy (non-hydrogen) atoms. The van der Waals surface area contributed by atoms with Crippen LogP contribution in [-0.2, 0) is 0 Å². The van der Waals surface area contributed by atoms with Gasteiger partial charge in [-0.1, -0.05) is 12.1 Å². The van der Waals surface area contributed by atoms with Gasteiger partial charge in [0.15, 0.2) is 0 Å². The number of nitriles is 1. The van der Waals surface area contributed by atoms with Crippen molar-refractivity contribution >= 4 is 21.8 Å². The minimum atomic E-state index is 0.0547. The SMILES string of the molecule is N#CCN1CCN(C(=O)c2ccccc2Br)CC1. The first-order chi connectivity index (χ1) is 8.72. The average molecular weight is 308 g/mol. The highest BCUT2D eigenvalue weighted by molar-refractivity contribution is 9.10. The van der Waals surface area contributed by atoms with Gasteiger partial charge in [-0.15, -0.1) is 0 Å². The number of halogens is 1. The number of nitrogens with zero attached hydrogens (tertiary/aromatic N) is 3. The van der Waals surface area contributed by atoms with Gasteiger partial charge in [0.1, 0.15) is 0 Å². The molecule has 1 aliphatic rings. The highest BCUT2D eigenvalue weighted by Crippen LogP contribution is 2.18. The highest BCUT2D eigenvalue weighted by atomic mass is 79.9. The second kappa shape index (κ2) is 5.98. The van der Waals surface area contributed by atoms with Crippen LogP contribution in [0.2, 0.25) is 0 Å². The molecule has 0 aliphatic carbocycles. The Hall–Kier alpha value is -1.38. The highest BCUT2D eigenvalue weighted by Gasteiger charge is 2.22. The molecule has 0 bridgehead atoms. The van der Waals surface area contributed by atoms with Gasteiger partial charge in [-0.2, -0.15) is 5.26 Å². The standard InChI is InChI=1S/C13H14BrN3O/c14-12-4-2-1-3-11(12)13(18)17-9-7-16(6-5-15)8-10-17/h1-4H,6-10H2. The number of amides is 1. The quantitative estimate of drug-likeness (QED) is 0.782. The molecule has 0 saturated carbocycles. The van der Waals surface area contributed by atoms with Crippen LogP contribution in [0.25, 0.3) is 0 Å². The van der Waals surface area contributed by atoms with Crippen molar-refractivity contribution in [2.75, 3.05) is 32.7 Å². The van der Waals surface area contributed by atoms with E-state index >= 15 is 0 Å². The predicted molar refractivity (Wildman–Crippen MR) is 72.1 cm³/mol. The third-order valence-corrected chi connectivity index (χ3v) is 3.75. The molecule has 94 valence electrons. The summed E-state index contributed by atoms with van der Waals surface area (Å²) >= 11 is 3.40. The second-order valence-corrected chi connectivity index (χ2v) is 5.06. The minimum Gasteiger partial charge on any atom is -0.336 e. The zero-order valence-electron chi connectivity index (χ0n) is 9.97. The third-order valence-electron chi connectivity index (χ3n) is 3.06. The lowest BCUT2D eigenvalue weighted by Crippen LogP contribution is -2.48. The first-order valence-corrected chi connectivity index (χ1v) is 6.65. The van der Waals surface area contributed by atoms with E-state index in [1.807, 2.05) is 29.2 Å². The van der Waals surface area contributed by atoms with Crippen LogP contribution in [-0.4, -0.2) is 48.4 Å². The predicted octanol–water partition coefficient (Wildman–Crippen LogP) is 1.73. The summed E-state index contributed by atoms with van der Waals surface area (Å²) < 4.78 is 0.828. The van der Waals surface area contributed by atoms with Gasteiger partial charge in [-0.05, 0) is 28.1 Å². The summed E-state index contributed by atoms with van der Waals surface area (Å²) in [6.45, 7) is 3.34. The van der Waals surface area contributed by atoms with Gasteiger partial charge in [-0.3, -0.25) is 9.69 Å². The molecule has 1 heterocycles. The maximum absolute atomic E-state index is 12.3. The first-order valence-electron chi connectivity index (χ1n) is 5.85. The Morgan fingerprint density at radius 3 is 2.56 bits per heavy atom. The molecule has 1 aromatic carbocycles. The number of carbonyl (C=O) groups excluding carboxylic acids is 1. The number of carbonyl (C=O) groups is 1. The van der Waals surface area contributed by atoms with Crippen LogP contribution in [0.4, 0.5) is 0 Å². The van der Waals surface area contributed by atoms with Crippen molar-refractivity contribution in [1.29, 1.82) is 5.26 Å². The molecule has 0 spiro atoms. The largest absolute Gasteiger partial charge is 0.336 e. The molecule has 1 amide bonds. The van der Waals surface area contributed by atoms with Crippen LogP contribution >= 0.6 is 15.9 Å². The maximum atomic E-state index is 12.3. The van der Waals surface area contributed by atoms with E-state index in [4.69, 9.17) is 5.26 Å². The lowest BCUT2D eigenvalue weighted by molar-refractivity contribution is 0.0651. The molecule has 1 aliphatic heterocycles. The molecule has 0 atom stereocenters. The van der Waals surface area contributed by atoms with Gasteiger partial charge in [0.2, 0.25) is 0 Å². The van der Waals surface area contributed by atoms with Crippen molar-refractivity contribution in [3.8, 4) is 6.07 Å². The van der Waals surface area contributed by atoms with E-state index in [2.05, 4.69) is 26.9 Å². The Bertz CT molecular complexity index is 475. The third kappa shape index (κ3) is 2.89. The summed E-state index contributed by atoms with van der Waals surface area (Å²) in [4.78, 5) is 16.2. The molecular formula is C13H14BrN3O. The Morgan fingerprint density at radius 1 is 1.28 bits per heavy atom. The summed E-state index contributed by atoms with van der Waals surface area (Å²) in [6.07, 6.45) is 0. The van der Waals surface area contributed by atoms with E-state index in [1.54, 1.807) is 0 Å². The van der Waals surface area contributed by atoms with Crippen LogP contribution in [0.3, 0.4) is 0 Å². The molecule has 1 fully saturated rings. The fourth-order valence-corrected chi connectivity index (χ4v) is 2.47. The van der Waals surface area contributed by atoms with E-state index in [9.17, 15) is 4.79 Å². The van der Waals surface area contributed by atoms with E-state index in [-0.39, 0.29) is 5.91 Å². The average Bonchev–Trinajstić information content (AvgIpc) is 2.40. The van der Waals surface area contributed by atoms with Crippen LogP contribution in [0, 0.1) is 11.3 Å². The Kier molecular flexibility index (Phi) is 4.34. The van der Waals surface area contributed by atoms with Crippen molar-refractivity contribution < 1.29 is 4.79 Å². The number of hydrogen-bond donors (Lipinski definition) is 0. The van der Waals surface area contributed by atoms with Gasteiger partial charge in [0.05, 0.1) is 18.2 Å². The molecule has 0 aromatic heterocycles. The maximum Gasteiger partial charge on any atom is 0.255 e. The summed E-state index contributed by atoms with van der Waals surface area (Å²) in [5, 5.41) is 8.63. The first kappa shape index (κ1) is 13.1.